The molecule has 0 unspecified atom stereocenters. The molecule has 100 valence electrons. The minimum atomic E-state index is -0.563. The van der Waals surface area contributed by atoms with Gasteiger partial charge in [-0.15, -0.1) is 0 Å². The summed E-state index contributed by atoms with van der Waals surface area (Å²) in [7, 11) is 0. The summed E-state index contributed by atoms with van der Waals surface area (Å²) in [5.74, 6) is -0.0145. The Morgan fingerprint density at radius 1 is 1.32 bits per heavy atom. The maximum absolute atomic E-state index is 12.3. The van der Waals surface area contributed by atoms with Crippen molar-refractivity contribution in [3.8, 4) is 0 Å². The smallest absolute Gasteiger partial charge is 0.230 e. The van der Waals surface area contributed by atoms with E-state index in [2.05, 4.69) is 10.5 Å². The highest BCUT2D eigenvalue weighted by Gasteiger charge is 2.29. The number of amides is 1. The fraction of sp³-hybridized carbons (Fsp3) is 0.333. The molecule has 2 aromatic rings. The van der Waals surface area contributed by atoms with Gasteiger partial charge in [0.1, 0.15) is 6.26 Å². The van der Waals surface area contributed by atoms with Gasteiger partial charge in [0.15, 0.2) is 0 Å². The van der Waals surface area contributed by atoms with Crippen molar-refractivity contribution in [2.75, 3.05) is 0 Å². The van der Waals surface area contributed by atoms with Crippen LogP contribution in [0, 0.1) is 6.92 Å². The highest BCUT2D eigenvalue weighted by atomic mass is 16.5. The molecule has 0 spiro atoms. The molecule has 0 saturated heterocycles. The van der Waals surface area contributed by atoms with Crippen LogP contribution in [0.2, 0.25) is 0 Å². The van der Waals surface area contributed by atoms with Gasteiger partial charge in [-0.25, -0.2) is 0 Å². The molecule has 0 saturated carbocycles. The minimum Gasteiger partial charge on any atom is -0.364 e. The van der Waals surface area contributed by atoms with Crippen LogP contribution in [0.4, 0.5) is 0 Å². The van der Waals surface area contributed by atoms with Crippen molar-refractivity contribution in [2.24, 2.45) is 0 Å². The summed E-state index contributed by atoms with van der Waals surface area (Å²) < 4.78 is 4.85. The molecule has 1 aromatic carbocycles. The standard InChI is InChI=1S/C15H18N2O2/c1-11-12(10-19-17-11)9-16-14(18)15(2,3)13-7-5-4-6-8-13/h4-8,10H,9H2,1-3H3,(H,16,18). The summed E-state index contributed by atoms with van der Waals surface area (Å²) in [6.45, 7) is 6.12. The van der Waals surface area contributed by atoms with Crippen molar-refractivity contribution >= 4 is 5.91 Å². The van der Waals surface area contributed by atoms with Gasteiger partial charge in [-0.05, 0) is 26.3 Å². The van der Waals surface area contributed by atoms with Crippen LogP contribution < -0.4 is 5.32 Å². The number of nitrogens with one attached hydrogen (secondary N) is 1. The third-order valence-electron chi connectivity index (χ3n) is 3.35. The Labute approximate surface area is 112 Å². The number of aromatic nitrogens is 1. The second-order valence-corrected chi connectivity index (χ2v) is 5.10. The lowest BCUT2D eigenvalue weighted by atomic mass is 9.84. The molecular formula is C15H18N2O2. The quantitative estimate of drug-likeness (QED) is 0.917. The van der Waals surface area contributed by atoms with Gasteiger partial charge in [0.25, 0.3) is 0 Å². The Morgan fingerprint density at radius 3 is 2.58 bits per heavy atom. The van der Waals surface area contributed by atoms with E-state index in [1.807, 2.05) is 51.1 Å². The zero-order valence-corrected chi connectivity index (χ0v) is 11.4. The van der Waals surface area contributed by atoms with Crippen LogP contribution in [-0.4, -0.2) is 11.1 Å². The molecule has 1 heterocycles. The summed E-state index contributed by atoms with van der Waals surface area (Å²) in [5, 5.41) is 6.71. The molecule has 4 nitrogen and oxygen atoms in total. The van der Waals surface area contributed by atoms with E-state index >= 15 is 0 Å². The zero-order chi connectivity index (χ0) is 13.9. The molecule has 2 rings (SSSR count). The van der Waals surface area contributed by atoms with Gasteiger partial charge in [-0.2, -0.15) is 0 Å². The van der Waals surface area contributed by atoms with E-state index in [9.17, 15) is 4.79 Å². The number of carbonyl (C=O) groups is 1. The molecule has 1 aromatic heterocycles. The Morgan fingerprint density at radius 2 is 2.00 bits per heavy atom. The number of nitrogens with zero attached hydrogens (tertiary/aromatic N) is 1. The first-order valence-electron chi connectivity index (χ1n) is 6.25. The minimum absolute atomic E-state index is 0.0145. The van der Waals surface area contributed by atoms with Crippen LogP contribution in [-0.2, 0) is 16.8 Å². The predicted molar refractivity (Wildman–Crippen MR) is 72.6 cm³/mol. The third-order valence-corrected chi connectivity index (χ3v) is 3.35. The lowest BCUT2D eigenvalue weighted by molar-refractivity contribution is -0.125. The van der Waals surface area contributed by atoms with Crippen LogP contribution in [0.5, 0.6) is 0 Å². The molecule has 0 aliphatic carbocycles. The maximum atomic E-state index is 12.3. The monoisotopic (exact) mass is 258 g/mol. The number of hydrogen-bond acceptors (Lipinski definition) is 3. The molecule has 0 radical (unpaired) electrons. The van der Waals surface area contributed by atoms with Crippen LogP contribution in [0.3, 0.4) is 0 Å². The number of carbonyl (C=O) groups excluding carboxylic acids is 1. The number of rotatable bonds is 4. The average Bonchev–Trinajstić information content (AvgIpc) is 2.82. The van der Waals surface area contributed by atoms with E-state index < -0.39 is 5.41 Å². The molecule has 0 fully saturated rings. The first-order chi connectivity index (χ1) is 9.01. The summed E-state index contributed by atoms with van der Waals surface area (Å²) in [5.41, 5.74) is 2.14. The largest absolute Gasteiger partial charge is 0.364 e. The molecule has 4 heteroatoms. The highest BCUT2D eigenvalue weighted by molar-refractivity contribution is 5.87. The molecule has 1 N–H and O–H groups in total. The van der Waals surface area contributed by atoms with Gasteiger partial charge in [0, 0.05) is 12.1 Å². The normalized spacial score (nSPS) is 11.3. The SMILES string of the molecule is Cc1nocc1CNC(=O)C(C)(C)c1ccccc1. The second kappa shape index (κ2) is 5.26. The maximum Gasteiger partial charge on any atom is 0.230 e. The average molecular weight is 258 g/mol. The summed E-state index contributed by atoms with van der Waals surface area (Å²) in [6.07, 6.45) is 1.56. The van der Waals surface area contributed by atoms with E-state index in [0.29, 0.717) is 6.54 Å². The van der Waals surface area contributed by atoms with Crippen molar-refractivity contribution in [1.29, 1.82) is 0 Å². The van der Waals surface area contributed by atoms with Crippen molar-refractivity contribution in [1.82, 2.24) is 10.5 Å². The van der Waals surface area contributed by atoms with Crippen LogP contribution in [0.1, 0.15) is 30.7 Å². The Balaban J connectivity index is 2.05. The van der Waals surface area contributed by atoms with Gasteiger partial charge in [-0.1, -0.05) is 35.5 Å². The van der Waals surface area contributed by atoms with Gasteiger partial charge >= 0.3 is 0 Å². The van der Waals surface area contributed by atoms with Crippen LogP contribution >= 0.6 is 0 Å². The summed E-state index contributed by atoms with van der Waals surface area (Å²) in [4.78, 5) is 12.3. The van der Waals surface area contributed by atoms with E-state index in [1.54, 1.807) is 6.26 Å². The van der Waals surface area contributed by atoms with Gasteiger partial charge < -0.3 is 9.84 Å². The molecular weight excluding hydrogens is 240 g/mol. The van der Waals surface area contributed by atoms with Gasteiger partial charge in [0.2, 0.25) is 5.91 Å². The van der Waals surface area contributed by atoms with E-state index in [0.717, 1.165) is 16.8 Å². The number of benzene rings is 1. The fourth-order valence-electron chi connectivity index (χ4n) is 1.86. The van der Waals surface area contributed by atoms with Crippen molar-refractivity contribution < 1.29 is 9.32 Å². The molecule has 19 heavy (non-hydrogen) atoms. The molecule has 0 aliphatic heterocycles. The number of aryl methyl sites for hydroxylation is 1. The molecule has 0 atom stereocenters. The van der Waals surface area contributed by atoms with E-state index in [1.165, 1.54) is 0 Å². The van der Waals surface area contributed by atoms with E-state index in [-0.39, 0.29) is 5.91 Å². The first-order valence-corrected chi connectivity index (χ1v) is 6.25. The topological polar surface area (TPSA) is 55.1 Å². The summed E-state index contributed by atoms with van der Waals surface area (Å²) >= 11 is 0. The number of hydrogen-bond donors (Lipinski definition) is 1. The Kier molecular flexibility index (Phi) is 3.69. The van der Waals surface area contributed by atoms with Crippen molar-refractivity contribution in [3.05, 3.63) is 53.4 Å². The highest BCUT2D eigenvalue weighted by Crippen LogP contribution is 2.23. The lowest BCUT2D eigenvalue weighted by Gasteiger charge is -2.24. The zero-order valence-electron chi connectivity index (χ0n) is 11.4. The Hall–Kier alpha value is -2.10. The lowest BCUT2D eigenvalue weighted by Crippen LogP contribution is -2.39. The predicted octanol–water partition coefficient (Wildman–Crippen LogP) is 2.58. The van der Waals surface area contributed by atoms with Gasteiger partial charge in [0.05, 0.1) is 11.1 Å². The van der Waals surface area contributed by atoms with Crippen molar-refractivity contribution in [3.63, 3.8) is 0 Å². The molecule has 1 amide bonds. The van der Waals surface area contributed by atoms with Crippen LogP contribution in [0.25, 0.3) is 0 Å². The summed E-state index contributed by atoms with van der Waals surface area (Å²) in [6, 6.07) is 9.75. The third kappa shape index (κ3) is 2.84. The van der Waals surface area contributed by atoms with Gasteiger partial charge in [-0.3, -0.25) is 4.79 Å². The first kappa shape index (κ1) is 13.3. The molecule has 0 aliphatic rings. The second-order valence-electron chi connectivity index (χ2n) is 5.10. The Bertz CT molecular complexity index is 559. The van der Waals surface area contributed by atoms with Crippen molar-refractivity contribution in [2.45, 2.75) is 32.7 Å². The molecule has 0 bridgehead atoms. The van der Waals surface area contributed by atoms with Crippen LogP contribution in [0.15, 0.2) is 41.1 Å². The fourth-order valence-corrected chi connectivity index (χ4v) is 1.86. The van der Waals surface area contributed by atoms with E-state index in [4.69, 9.17) is 4.52 Å².